The van der Waals surface area contributed by atoms with E-state index in [9.17, 15) is 4.79 Å². The third-order valence-corrected chi connectivity index (χ3v) is 5.07. The summed E-state index contributed by atoms with van der Waals surface area (Å²) in [6.07, 6.45) is 1.00. The van der Waals surface area contributed by atoms with E-state index in [-0.39, 0.29) is 11.3 Å². The van der Waals surface area contributed by atoms with Crippen molar-refractivity contribution in [3.05, 3.63) is 64.7 Å². The number of carbonyl (C=O) groups is 1. The number of hydrogen-bond acceptors (Lipinski definition) is 2. The van der Waals surface area contributed by atoms with Crippen LogP contribution in [0.5, 0.6) is 0 Å². The van der Waals surface area contributed by atoms with Gasteiger partial charge >= 0.3 is 0 Å². The number of hydrogen-bond donors (Lipinski definition) is 0. The third kappa shape index (κ3) is 2.94. The van der Waals surface area contributed by atoms with Crippen LogP contribution in [-0.4, -0.2) is 11.7 Å². The first-order chi connectivity index (χ1) is 10.2. The number of halogens is 1. The van der Waals surface area contributed by atoms with Gasteiger partial charge in [0.15, 0.2) is 0 Å². The molecule has 0 bridgehead atoms. The lowest BCUT2D eigenvalue weighted by Gasteiger charge is -2.24. The molecule has 1 atom stereocenters. The molecule has 1 saturated heterocycles. The van der Waals surface area contributed by atoms with Gasteiger partial charge in [0.05, 0.1) is 5.75 Å². The van der Waals surface area contributed by atoms with Gasteiger partial charge in [-0.2, -0.15) is 0 Å². The quantitative estimate of drug-likeness (QED) is 0.819. The normalized spacial score (nSPS) is 18.3. The van der Waals surface area contributed by atoms with Gasteiger partial charge in [0.25, 0.3) is 0 Å². The lowest BCUT2D eigenvalue weighted by molar-refractivity contribution is -0.115. The van der Waals surface area contributed by atoms with Crippen LogP contribution in [0.3, 0.4) is 0 Å². The minimum atomic E-state index is 0.00340. The molecule has 2 aromatic carbocycles. The van der Waals surface area contributed by atoms with E-state index in [1.807, 2.05) is 41.3 Å². The van der Waals surface area contributed by atoms with E-state index in [1.54, 1.807) is 11.8 Å². The summed E-state index contributed by atoms with van der Waals surface area (Å²) in [5, 5.41) is 0.706. The Kier molecular flexibility index (Phi) is 4.22. The predicted molar refractivity (Wildman–Crippen MR) is 90.0 cm³/mol. The van der Waals surface area contributed by atoms with Crippen LogP contribution in [0.1, 0.15) is 23.4 Å². The molecule has 0 spiro atoms. The van der Waals surface area contributed by atoms with E-state index in [0.717, 1.165) is 17.7 Å². The second-order valence-corrected chi connectivity index (χ2v) is 6.51. The van der Waals surface area contributed by atoms with Crippen molar-refractivity contribution in [1.29, 1.82) is 0 Å². The standard InChI is InChI=1S/C17H16ClNOS/c1-2-12-6-8-15(9-7-12)19-16(20)11-21-17(19)13-4-3-5-14(18)10-13/h3-10,17H,2,11H2,1H3/t17-/m0/s1. The van der Waals surface area contributed by atoms with Crippen molar-refractivity contribution in [1.82, 2.24) is 0 Å². The van der Waals surface area contributed by atoms with Gasteiger partial charge in [-0.1, -0.05) is 42.8 Å². The molecule has 1 aliphatic rings. The highest BCUT2D eigenvalue weighted by Gasteiger charge is 2.33. The average molecular weight is 318 g/mol. The van der Waals surface area contributed by atoms with Crippen LogP contribution in [-0.2, 0) is 11.2 Å². The number of anilines is 1. The minimum Gasteiger partial charge on any atom is -0.295 e. The highest BCUT2D eigenvalue weighted by atomic mass is 35.5. The molecule has 4 heteroatoms. The van der Waals surface area contributed by atoms with Crippen LogP contribution in [0.2, 0.25) is 5.02 Å². The second-order valence-electron chi connectivity index (χ2n) is 5.00. The molecule has 21 heavy (non-hydrogen) atoms. The Labute approximate surface area is 134 Å². The molecule has 0 unspecified atom stereocenters. The molecule has 1 aliphatic heterocycles. The maximum absolute atomic E-state index is 12.3. The largest absolute Gasteiger partial charge is 0.295 e. The van der Waals surface area contributed by atoms with E-state index in [1.165, 1.54) is 5.56 Å². The van der Waals surface area contributed by atoms with Gasteiger partial charge in [0, 0.05) is 10.7 Å². The first-order valence-electron chi connectivity index (χ1n) is 6.97. The number of carbonyl (C=O) groups excluding carboxylic acids is 1. The molecule has 2 nitrogen and oxygen atoms in total. The maximum atomic E-state index is 12.3. The van der Waals surface area contributed by atoms with Crippen LogP contribution in [0.4, 0.5) is 5.69 Å². The van der Waals surface area contributed by atoms with Crippen LogP contribution in [0.15, 0.2) is 48.5 Å². The number of amides is 1. The summed E-state index contributed by atoms with van der Waals surface area (Å²) in [4.78, 5) is 14.1. The Morgan fingerprint density at radius 1 is 1.24 bits per heavy atom. The predicted octanol–water partition coefficient (Wildman–Crippen LogP) is 4.68. The second kappa shape index (κ2) is 6.12. The van der Waals surface area contributed by atoms with Crippen LogP contribution < -0.4 is 4.90 Å². The summed E-state index contributed by atoms with van der Waals surface area (Å²) in [7, 11) is 0. The van der Waals surface area contributed by atoms with E-state index in [4.69, 9.17) is 11.6 Å². The van der Waals surface area contributed by atoms with Crippen molar-refractivity contribution >= 4 is 35.0 Å². The zero-order chi connectivity index (χ0) is 14.8. The molecular formula is C17H16ClNOS. The maximum Gasteiger partial charge on any atom is 0.238 e. The fourth-order valence-corrected chi connectivity index (χ4v) is 3.87. The topological polar surface area (TPSA) is 20.3 Å². The Morgan fingerprint density at radius 3 is 2.67 bits per heavy atom. The van der Waals surface area contributed by atoms with Crippen molar-refractivity contribution in [2.75, 3.05) is 10.7 Å². The molecule has 0 aromatic heterocycles. The molecule has 0 saturated carbocycles. The molecule has 0 N–H and O–H groups in total. The molecule has 0 radical (unpaired) electrons. The fraction of sp³-hybridized carbons (Fsp3) is 0.235. The number of nitrogens with zero attached hydrogens (tertiary/aromatic N) is 1. The van der Waals surface area contributed by atoms with Gasteiger partial charge in [-0.15, -0.1) is 11.8 Å². The molecule has 3 rings (SSSR count). The monoisotopic (exact) mass is 317 g/mol. The molecule has 1 heterocycles. The number of rotatable bonds is 3. The zero-order valence-electron chi connectivity index (χ0n) is 11.8. The molecule has 1 amide bonds. The summed E-state index contributed by atoms with van der Waals surface area (Å²) in [6.45, 7) is 2.13. The van der Waals surface area contributed by atoms with E-state index in [0.29, 0.717) is 10.8 Å². The first kappa shape index (κ1) is 14.5. The number of aryl methyl sites for hydroxylation is 1. The fourth-order valence-electron chi connectivity index (χ4n) is 2.50. The van der Waals surface area contributed by atoms with Crippen molar-refractivity contribution in [2.24, 2.45) is 0 Å². The lowest BCUT2D eigenvalue weighted by Crippen LogP contribution is -2.27. The molecule has 108 valence electrons. The van der Waals surface area contributed by atoms with Gasteiger partial charge in [-0.25, -0.2) is 0 Å². The number of benzene rings is 2. The lowest BCUT2D eigenvalue weighted by atomic mass is 10.1. The molecular weight excluding hydrogens is 302 g/mol. The Hall–Kier alpha value is -1.45. The van der Waals surface area contributed by atoms with Crippen LogP contribution in [0, 0.1) is 0 Å². The average Bonchev–Trinajstić information content (AvgIpc) is 2.89. The zero-order valence-corrected chi connectivity index (χ0v) is 13.3. The van der Waals surface area contributed by atoms with Crippen molar-refractivity contribution in [3.8, 4) is 0 Å². The van der Waals surface area contributed by atoms with Crippen LogP contribution >= 0.6 is 23.4 Å². The highest BCUT2D eigenvalue weighted by Crippen LogP contribution is 2.42. The van der Waals surface area contributed by atoms with Gasteiger partial charge in [0.2, 0.25) is 5.91 Å². The molecule has 0 aliphatic carbocycles. The van der Waals surface area contributed by atoms with E-state index < -0.39 is 0 Å². The third-order valence-electron chi connectivity index (χ3n) is 3.62. The Balaban J connectivity index is 1.95. The van der Waals surface area contributed by atoms with E-state index in [2.05, 4.69) is 19.1 Å². The Bertz CT molecular complexity index is 656. The Morgan fingerprint density at radius 2 is 2.00 bits per heavy atom. The molecule has 1 fully saturated rings. The smallest absolute Gasteiger partial charge is 0.238 e. The van der Waals surface area contributed by atoms with Gasteiger partial charge in [-0.05, 0) is 41.8 Å². The SMILES string of the molecule is CCc1ccc(N2C(=O)CS[C@H]2c2cccc(Cl)c2)cc1. The summed E-state index contributed by atoms with van der Waals surface area (Å²) >= 11 is 7.72. The van der Waals surface area contributed by atoms with Crippen molar-refractivity contribution in [3.63, 3.8) is 0 Å². The number of thioether (sulfide) groups is 1. The van der Waals surface area contributed by atoms with Gasteiger partial charge in [0.1, 0.15) is 5.37 Å². The minimum absolute atomic E-state index is 0.00340. The van der Waals surface area contributed by atoms with E-state index >= 15 is 0 Å². The van der Waals surface area contributed by atoms with Gasteiger partial charge in [-0.3, -0.25) is 9.69 Å². The summed E-state index contributed by atoms with van der Waals surface area (Å²) in [5.74, 6) is 0.654. The van der Waals surface area contributed by atoms with Crippen LogP contribution in [0.25, 0.3) is 0 Å². The first-order valence-corrected chi connectivity index (χ1v) is 8.40. The van der Waals surface area contributed by atoms with Gasteiger partial charge < -0.3 is 0 Å². The highest BCUT2D eigenvalue weighted by molar-refractivity contribution is 8.00. The molecule has 2 aromatic rings. The summed E-state index contributed by atoms with van der Waals surface area (Å²) in [5.41, 5.74) is 3.29. The van der Waals surface area contributed by atoms with Crippen molar-refractivity contribution < 1.29 is 4.79 Å². The summed E-state index contributed by atoms with van der Waals surface area (Å²) in [6, 6.07) is 16.0. The summed E-state index contributed by atoms with van der Waals surface area (Å²) < 4.78 is 0. The van der Waals surface area contributed by atoms with Crippen molar-refractivity contribution in [2.45, 2.75) is 18.7 Å².